The molecule has 226 valence electrons. The van der Waals surface area contributed by atoms with Crippen LogP contribution < -0.4 is 9.62 Å². The van der Waals surface area contributed by atoms with Crippen LogP contribution in [0.15, 0.2) is 72.8 Å². The van der Waals surface area contributed by atoms with Gasteiger partial charge in [-0.05, 0) is 49.2 Å². The molecule has 0 aliphatic carbocycles. The molecule has 42 heavy (non-hydrogen) atoms. The maximum Gasteiger partial charge on any atom is 0.416 e. The zero-order valence-electron chi connectivity index (χ0n) is 23.0. The van der Waals surface area contributed by atoms with Crippen molar-refractivity contribution in [3.05, 3.63) is 99.5 Å². The van der Waals surface area contributed by atoms with E-state index < -0.39 is 51.9 Å². The van der Waals surface area contributed by atoms with Crippen LogP contribution in [0.1, 0.15) is 30.5 Å². The van der Waals surface area contributed by atoms with E-state index in [2.05, 4.69) is 5.32 Å². The lowest BCUT2D eigenvalue weighted by molar-refractivity contribution is -0.140. The smallest absolute Gasteiger partial charge is 0.352 e. The maximum atomic E-state index is 14.0. The number of hydrogen-bond donors (Lipinski definition) is 1. The molecule has 0 saturated heterocycles. The van der Waals surface area contributed by atoms with Crippen LogP contribution in [0.3, 0.4) is 0 Å². The normalized spacial score (nSPS) is 12.6. The third kappa shape index (κ3) is 8.86. The van der Waals surface area contributed by atoms with E-state index in [9.17, 15) is 31.2 Å². The van der Waals surface area contributed by atoms with Crippen molar-refractivity contribution < 1.29 is 31.2 Å². The van der Waals surface area contributed by atoms with Crippen molar-refractivity contribution in [2.75, 3.05) is 17.1 Å². The number of amides is 2. The van der Waals surface area contributed by atoms with Crippen molar-refractivity contribution in [1.29, 1.82) is 0 Å². The van der Waals surface area contributed by atoms with E-state index in [4.69, 9.17) is 23.2 Å². The Morgan fingerprint density at radius 3 is 2.12 bits per heavy atom. The van der Waals surface area contributed by atoms with Crippen molar-refractivity contribution in [2.45, 2.75) is 45.1 Å². The number of carbonyl (C=O) groups is 2. The molecule has 0 aliphatic rings. The average molecular weight is 645 g/mol. The van der Waals surface area contributed by atoms with Crippen LogP contribution in [-0.2, 0) is 38.8 Å². The predicted octanol–water partition coefficient (Wildman–Crippen LogP) is 5.94. The highest BCUT2D eigenvalue weighted by atomic mass is 35.5. The number of hydrogen-bond acceptors (Lipinski definition) is 4. The van der Waals surface area contributed by atoms with Gasteiger partial charge in [-0.2, -0.15) is 13.2 Å². The summed E-state index contributed by atoms with van der Waals surface area (Å²) in [5, 5.41) is 2.80. The molecular weight excluding hydrogens is 614 g/mol. The Labute approximate surface area is 253 Å². The standard InChI is InChI=1S/C29H30Cl2F3N3O4S/c1-19(2)35-28(39)26(15-20-9-5-4-6-10-20)36(17-21-11-7-8-12-23(21)30)27(38)18-37(42(3,40)41)25-16-22(29(32,33)34)13-14-24(25)31/h4-14,16,19,26H,15,17-18H2,1-3H3,(H,35,39)/t26-/m1/s1. The molecule has 0 fully saturated rings. The minimum absolute atomic E-state index is 0.0682. The molecule has 0 unspecified atom stereocenters. The molecule has 3 rings (SSSR count). The highest BCUT2D eigenvalue weighted by molar-refractivity contribution is 7.92. The van der Waals surface area contributed by atoms with Gasteiger partial charge in [0.2, 0.25) is 21.8 Å². The van der Waals surface area contributed by atoms with Crippen LogP contribution >= 0.6 is 23.2 Å². The van der Waals surface area contributed by atoms with E-state index in [1.165, 1.54) is 4.90 Å². The first-order valence-electron chi connectivity index (χ1n) is 12.8. The number of anilines is 1. The van der Waals surface area contributed by atoms with Gasteiger partial charge in [0, 0.05) is 24.0 Å². The molecule has 0 aliphatic heterocycles. The number of halogens is 5. The Kier molecular flexibility index (Phi) is 10.9. The van der Waals surface area contributed by atoms with Gasteiger partial charge in [0.15, 0.2) is 0 Å². The van der Waals surface area contributed by atoms with Gasteiger partial charge in [-0.25, -0.2) is 8.42 Å². The number of sulfonamides is 1. The highest BCUT2D eigenvalue weighted by Crippen LogP contribution is 2.36. The fraction of sp³-hybridized carbons (Fsp3) is 0.310. The first kappa shape index (κ1) is 33.2. The molecule has 0 aromatic heterocycles. The molecular formula is C29H30Cl2F3N3O4S. The van der Waals surface area contributed by atoms with E-state index in [1.807, 2.05) is 0 Å². The van der Waals surface area contributed by atoms with Gasteiger partial charge in [0.25, 0.3) is 0 Å². The summed E-state index contributed by atoms with van der Waals surface area (Å²) in [6.07, 6.45) is -3.97. The number of rotatable bonds is 11. The summed E-state index contributed by atoms with van der Waals surface area (Å²) in [4.78, 5) is 28.7. The molecule has 2 amide bonds. The lowest BCUT2D eigenvalue weighted by atomic mass is 10.0. The lowest BCUT2D eigenvalue weighted by Gasteiger charge is -2.34. The largest absolute Gasteiger partial charge is 0.416 e. The molecule has 0 radical (unpaired) electrons. The van der Waals surface area contributed by atoms with Gasteiger partial charge in [0.1, 0.15) is 12.6 Å². The second-order valence-electron chi connectivity index (χ2n) is 9.92. The first-order valence-corrected chi connectivity index (χ1v) is 15.4. The summed E-state index contributed by atoms with van der Waals surface area (Å²) in [6, 6.07) is 16.3. The number of alkyl halides is 3. The van der Waals surface area contributed by atoms with Crippen molar-refractivity contribution in [3.8, 4) is 0 Å². The van der Waals surface area contributed by atoms with Crippen molar-refractivity contribution >= 4 is 50.7 Å². The molecule has 3 aromatic carbocycles. The summed E-state index contributed by atoms with van der Waals surface area (Å²) in [7, 11) is -4.33. The summed E-state index contributed by atoms with van der Waals surface area (Å²) < 4.78 is 66.7. The lowest BCUT2D eigenvalue weighted by Crippen LogP contribution is -2.54. The fourth-order valence-electron chi connectivity index (χ4n) is 4.22. The second kappa shape index (κ2) is 13.8. The van der Waals surface area contributed by atoms with E-state index >= 15 is 0 Å². The summed E-state index contributed by atoms with van der Waals surface area (Å²) in [5.41, 5.74) is -0.467. The first-order chi connectivity index (χ1) is 19.6. The van der Waals surface area contributed by atoms with Crippen LogP contribution in [0.2, 0.25) is 10.0 Å². The molecule has 0 spiro atoms. The second-order valence-corrected chi connectivity index (χ2v) is 12.6. The Morgan fingerprint density at radius 1 is 0.929 bits per heavy atom. The minimum Gasteiger partial charge on any atom is -0.352 e. The topological polar surface area (TPSA) is 86.8 Å². The van der Waals surface area contributed by atoms with Crippen LogP contribution in [0, 0.1) is 0 Å². The third-order valence-electron chi connectivity index (χ3n) is 6.22. The Hall–Kier alpha value is -3.28. The Morgan fingerprint density at radius 2 is 1.55 bits per heavy atom. The van der Waals surface area contributed by atoms with E-state index in [0.29, 0.717) is 27.0 Å². The maximum absolute atomic E-state index is 14.0. The number of nitrogens with zero attached hydrogens (tertiary/aromatic N) is 2. The van der Waals surface area contributed by atoms with Crippen molar-refractivity contribution in [3.63, 3.8) is 0 Å². The molecule has 0 bridgehead atoms. The van der Waals surface area contributed by atoms with E-state index in [0.717, 1.165) is 17.9 Å². The molecule has 13 heteroatoms. The van der Waals surface area contributed by atoms with Crippen LogP contribution in [0.25, 0.3) is 0 Å². The SMILES string of the molecule is CC(C)NC(=O)[C@@H](Cc1ccccc1)N(Cc1ccccc1Cl)C(=O)CN(c1cc(C(F)(F)F)ccc1Cl)S(C)(=O)=O. The van der Waals surface area contributed by atoms with Crippen LogP contribution in [-0.4, -0.2) is 50.0 Å². The van der Waals surface area contributed by atoms with Gasteiger partial charge in [-0.3, -0.25) is 13.9 Å². The van der Waals surface area contributed by atoms with E-state index in [1.54, 1.807) is 68.4 Å². The van der Waals surface area contributed by atoms with Crippen molar-refractivity contribution in [1.82, 2.24) is 10.2 Å². The zero-order chi connectivity index (χ0) is 31.2. The third-order valence-corrected chi connectivity index (χ3v) is 8.04. The molecule has 0 saturated carbocycles. The monoisotopic (exact) mass is 643 g/mol. The quantitative estimate of drug-likeness (QED) is 0.280. The zero-order valence-corrected chi connectivity index (χ0v) is 25.4. The Balaban J connectivity index is 2.13. The number of benzene rings is 3. The molecule has 3 aromatic rings. The number of nitrogens with one attached hydrogen (secondary N) is 1. The van der Waals surface area contributed by atoms with Gasteiger partial charge in [-0.1, -0.05) is 71.7 Å². The summed E-state index contributed by atoms with van der Waals surface area (Å²) in [5.74, 6) is -1.36. The number of carbonyl (C=O) groups excluding carboxylic acids is 2. The van der Waals surface area contributed by atoms with Gasteiger partial charge >= 0.3 is 6.18 Å². The van der Waals surface area contributed by atoms with Gasteiger partial charge in [0.05, 0.1) is 22.5 Å². The highest BCUT2D eigenvalue weighted by Gasteiger charge is 2.36. The summed E-state index contributed by atoms with van der Waals surface area (Å²) >= 11 is 12.5. The summed E-state index contributed by atoms with van der Waals surface area (Å²) in [6.45, 7) is 2.39. The van der Waals surface area contributed by atoms with Crippen LogP contribution in [0.4, 0.5) is 18.9 Å². The molecule has 7 nitrogen and oxygen atoms in total. The molecule has 1 N–H and O–H groups in total. The minimum atomic E-state index is -4.79. The Bertz CT molecular complexity index is 1520. The predicted molar refractivity (Wildman–Crippen MR) is 158 cm³/mol. The fourth-order valence-corrected chi connectivity index (χ4v) is 5.54. The molecule has 0 heterocycles. The van der Waals surface area contributed by atoms with Crippen molar-refractivity contribution in [2.24, 2.45) is 0 Å². The van der Waals surface area contributed by atoms with E-state index in [-0.39, 0.29) is 24.0 Å². The van der Waals surface area contributed by atoms with Gasteiger partial charge < -0.3 is 10.2 Å². The van der Waals surface area contributed by atoms with Gasteiger partial charge in [-0.15, -0.1) is 0 Å². The molecule has 1 atom stereocenters. The average Bonchev–Trinajstić information content (AvgIpc) is 2.89. The van der Waals surface area contributed by atoms with Crippen LogP contribution in [0.5, 0.6) is 0 Å².